The normalized spacial score (nSPS) is 12.6. The van der Waals surface area contributed by atoms with E-state index in [2.05, 4.69) is 10.3 Å². The summed E-state index contributed by atoms with van der Waals surface area (Å²) in [7, 11) is 3.87. The minimum absolute atomic E-state index is 0. The number of aliphatic imine (C=N–C) groups is 1. The van der Waals surface area contributed by atoms with Crippen LogP contribution in [0.2, 0.25) is 0 Å². The van der Waals surface area contributed by atoms with Crippen LogP contribution in [-0.4, -0.2) is 37.6 Å². The molecule has 0 saturated carbocycles. The lowest BCUT2D eigenvalue weighted by molar-refractivity contribution is 0.242. The lowest BCUT2D eigenvalue weighted by atomic mass is 10.1. The molecule has 0 bridgehead atoms. The Hall–Kier alpha value is -1.87. The summed E-state index contributed by atoms with van der Waals surface area (Å²) in [5.41, 5.74) is 7.69. The van der Waals surface area contributed by atoms with E-state index in [1.54, 1.807) is 6.07 Å². The van der Waals surface area contributed by atoms with Crippen molar-refractivity contribution in [2.45, 2.75) is 26.0 Å². The van der Waals surface area contributed by atoms with Crippen molar-refractivity contribution in [1.29, 1.82) is 0 Å². The van der Waals surface area contributed by atoms with Crippen LogP contribution in [0.25, 0.3) is 0 Å². The lowest BCUT2D eigenvalue weighted by Gasteiger charge is -2.23. The molecule has 0 radical (unpaired) electrons. The zero-order valence-corrected chi connectivity index (χ0v) is 18.5. The van der Waals surface area contributed by atoms with Gasteiger partial charge in [-0.3, -0.25) is 4.99 Å². The maximum absolute atomic E-state index is 13.5. The topological polar surface area (TPSA) is 62.9 Å². The highest BCUT2D eigenvalue weighted by atomic mass is 127. The number of guanidine groups is 1. The summed E-state index contributed by atoms with van der Waals surface area (Å²) in [6.07, 6.45) is 0.131. The van der Waals surface area contributed by atoms with Gasteiger partial charge >= 0.3 is 0 Å². The van der Waals surface area contributed by atoms with E-state index in [1.807, 2.05) is 63.2 Å². The van der Waals surface area contributed by atoms with E-state index < -0.39 is 0 Å². The smallest absolute Gasteiger partial charge is 0.193 e. The highest BCUT2D eigenvalue weighted by Crippen LogP contribution is 2.20. The first-order valence-corrected chi connectivity index (χ1v) is 8.60. The Kier molecular flexibility index (Phi) is 9.51. The predicted molar refractivity (Wildman–Crippen MR) is 121 cm³/mol. The second-order valence-corrected chi connectivity index (χ2v) is 6.58. The summed E-state index contributed by atoms with van der Waals surface area (Å²) in [5, 5.41) is 3.06. The number of hydrogen-bond donors (Lipinski definition) is 2. The van der Waals surface area contributed by atoms with Gasteiger partial charge in [-0.15, -0.1) is 24.0 Å². The molecule has 27 heavy (non-hydrogen) atoms. The van der Waals surface area contributed by atoms with E-state index in [4.69, 9.17) is 10.5 Å². The molecule has 0 heterocycles. The molecule has 0 amide bonds. The van der Waals surface area contributed by atoms with Gasteiger partial charge in [-0.05, 0) is 69.9 Å². The molecule has 1 atom stereocenters. The minimum Gasteiger partial charge on any atom is -0.491 e. The van der Waals surface area contributed by atoms with Crippen molar-refractivity contribution in [2.24, 2.45) is 10.7 Å². The molecule has 2 aromatic carbocycles. The summed E-state index contributed by atoms with van der Waals surface area (Å²) in [5.74, 6) is 0.860. The van der Waals surface area contributed by atoms with Crippen molar-refractivity contribution in [2.75, 3.05) is 26.0 Å². The number of halogens is 2. The first-order valence-electron chi connectivity index (χ1n) is 8.60. The maximum atomic E-state index is 13.5. The molecule has 0 aromatic heterocycles. The number of benzene rings is 2. The second kappa shape index (κ2) is 11.1. The molecule has 5 nitrogen and oxygen atoms in total. The Morgan fingerprint density at radius 3 is 2.41 bits per heavy atom. The third-order valence-electron chi connectivity index (χ3n) is 3.79. The molecule has 7 heteroatoms. The van der Waals surface area contributed by atoms with Crippen LogP contribution in [0.3, 0.4) is 0 Å². The van der Waals surface area contributed by atoms with E-state index in [1.165, 1.54) is 12.1 Å². The van der Waals surface area contributed by atoms with Crippen LogP contribution in [0.15, 0.2) is 53.5 Å². The van der Waals surface area contributed by atoms with Crippen LogP contribution < -0.4 is 15.8 Å². The first kappa shape index (κ1) is 23.2. The van der Waals surface area contributed by atoms with Crippen molar-refractivity contribution in [3.05, 3.63) is 59.9 Å². The molecule has 2 aromatic rings. The molecule has 1 unspecified atom stereocenters. The Morgan fingerprint density at radius 1 is 1.19 bits per heavy atom. The summed E-state index contributed by atoms with van der Waals surface area (Å²) in [6.45, 7) is 4.39. The Labute approximate surface area is 177 Å². The number of ether oxygens (including phenoxy) is 1. The van der Waals surface area contributed by atoms with Gasteiger partial charge in [0.2, 0.25) is 0 Å². The number of anilines is 1. The average molecular weight is 486 g/mol. The van der Waals surface area contributed by atoms with Crippen LogP contribution in [0.4, 0.5) is 10.1 Å². The van der Waals surface area contributed by atoms with Crippen LogP contribution in [0, 0.1) is 5.82 Å². The SMILES string of the molecule is CC(C)Oc1ccc(NC(N)=NCC(c2cccc(F)c2)N(C)C)cc1.I. The minimum atomic E-state index is -0.256. The predicted octanol–water partition coefficient (Wildman–Crippen LogP) is 4.26. The van der Waals surface area contributed by atoms with Gasteiger partial charge in [0.1, 0.15) is 11.6 Å². The summed E-state index contributed by atoms with van der Waals surface area (Å²) in [6, 6.07) is 14.0. The highest BCUT2D eigenvalue weighted by molar-refractivity contribution is 14.0. The molecular weight excluding hydrogens is 458 g/mol. The number of nitrogens with two attached hydrogens (primary N) is 1. The fourth-order valence-electron chi connectivity index (χ4n) is 2.54. The molecule has 148 valence electrons. The van der Waals surface area contributed by atoms with Crippen molar-refractivity contribution >= 4 is 35.6 Å². The van der Waals surface area contributed by atoms with Gasteiger partial charge in [0.25, 0.3) is 0 Å². The van der Waals surface area contributed by atoms with E-state index in [0.29, 0.717) is 12.5 Å². The van der Waals surface area contributed by atoms with Crippen LogP contribution in [0.5, 0.6) is 5.75 Å². The molecule has 0 aliphatic heterocycles. The second-order valence-electron chi connectivity index (χ2n) is 6.58. The summed E-state index contributed by atoms with van der Waals surface area (Å²) in [4.78, 5) is 6.40. The van der Waals surface area contributed by atoms with Crippen LogP contribution >= 0.6 is 24.0 Å². The molecule has 0 aliphatic rings. The maximum Gasteiger partial charge on any atom is 0.193 e. The van der Waals surface area contributed by atoms with Gasteiger partial charge in [0.15, 0.2) is 5.96 Å². The summed E-state index contributed by atoms with van der Waals surface area (Å²) >= 11 is 0. The third kappa shape index (κ3) is 7.72. The fraction of sp³-hybridized carbons (Fsp3) is 0.350. The quantitative estimate of drug-likeness (QED) is 0.349. The Balaban J connectivity index is 0.00000364. The lowest BCUT2D eigenvalue weighted by Crippen LogP contribution is -2.27. The zero-order valence-electron chi connectivity index (χ0n) is 16.1. The van der Waals surface area contributed by atoms with Crippen molar-refractivity contribution in [3.8, 4) is 5.75 Å². The van der Waals surface area contributed by atoms with Gasteiger partial charge in [-0.1, -0.05) is 12.1 Å². The van der Waals surface area contributed by atoms with Gasteiger partial charge in [0.05, 0.1) is 18.7 Å². The zero-order chi connectivity index (χ0) is 19.1. The van der Waals surface area contributed by atoms with Crippen molar-refractivity contribution in [3.63, 3.8) is 0 Å². The molecule has 0 saturated heterocycles. The molecule has 0 aliphatic carbocycles. The number of hydrogen-bond acceptors (Lipinski definition) is 3. The molecular formula is C20H28FIN4O. The Bertz CT molecular complexity index is 735. The molecule has 3 N–H and O–H groups in total. The van der Waals surface area contributed by atoms with Crippen molar-refractivity contribution in [1.82, 2.24) is 4.90 Å². The van der Waals surface area contributed by atoms with E-state index in [-0.39, 0.29) is 41.9 Å². The Morgan fingerprint density at radius 2 is 1.85 bits per heavy atom. The average Bonchev–Trinajstić information content (AvgIpc) is 2.56. The largest absolute Gasteiger partial charge is 0.491 e. The highest BCUT2D eigenvalue weighted by Gasteiger charge is 2.14. The number of likely N-dealkylation sites (N-methyl/N-ethyl adjacent to an activating group) is 1. The van der Waals surface area contributed by atoms with Gasteiger partial charge < -0.3 is 20.7 Å². The summed E-state index contributed by atoms with van der Waals surface area (Å²) < 4.78 is 19.1. The van der Waals surface area contributed by atoms with E-state index >= 15 is 0 Å². The van der Waals surface area contributed by atoms with Gasteiger partial charge in [0, 0.05) is 5.69 Å². The van der Waals surface area contributed by atoms with E-state index in [0.717, 1.165) is 17.0 Å². The molecule has 2 rings (SSSR count). The molecule has 0 spiro atoms. The third-order valence-corrected chi connectivity index (χ3v) is 3.79. The van der Waals surface area contributed by atoms with E-state index in [9.17, 15) is 4.39 Å². The fourth-order valence-corrected chi connectivity index (χ4v) is 2.54. The van der Waals surface area contributed by atoms with Crippen LogP contribution in [0.1, 0.15) is 25.5 Å². The number of nitrogens with one attached hydrogen (secondary N) is 1. The van der Waals surface area contributed by atoms with Crippen molar-refractivity contribution < 1.29 is 9.13 Å². The first-order chi connectivity index (χ1) is 12.3. The van der Waals surface area contributed by atoms with Gasteiger partial charge in [-0.25, -0.2) is 4.39 Å². The number of rotatable bonds is 7. The molecule has 0 fully saturated rings. The standard InChI is InChI=1S/C20H27FN4O.HI/c1-14(2)26-18-10-8-17(9-11-18)24-20(22)23-13-19(25(3)4)15-6-5-7-16(21)12-15;/h5-12,14,19H,13H2,1-4H3,(H3,22,23,24);1H. The monoisotopic (exact) mass is 486 g/mol. The number of nitrogens with zero attached hydrogens (tertiary/aromatic N) is 2. The van der Waals surface area contributed by atoms with Gasteiger partial charge in [-0.2, -0.15) is 0 Å². The van der Waals surface area contributed by atoms with Crippen LogP contribution in [-0.2, 0) is 0 Å².